The molecule has 0 radical (unpaired) electrons. The summed E-state index contributed by atoms with van der Waals surface area (Å²) in [5.41, 5.74) is 0. The van der Waals surface area contributed by atoms with Crippen LogP contribution in [-0.2, 0) is 0 Å². The molecule has 2 atom stereocenters. The van der Waals surface area contributed by atoms with Gasteiger partial charge in [0.15, 0.2) is 0 Å². The van der Waals surface area contributed by atoms with Crippen LogP contribution in [-0.4, -0.2) is 0 Å². The molecule has 0 nitrogen and oxygen atoms in total. The van der Waals surface area contributed by atoms with Crippen molar-refractivity contribution in [3.63, 3.8) is 0 Å². The van der Waals surface area contributed by atoms with Crippen molar-refractivity contribution >= 4 is 0 Å². The Bertz CT molecular complexity index is 61.1. The number of rotatable bonds is 2. The SMILES string of the molecule is CCC.CCC.[3H]C(C)CC.[3H]C(C)CC. The largest absolute Gasteiger partial charge is 0.0656 e. The predicted molar refractivity (Wildman–Crippen MR) is 73.1 cm³/mol. The van der Waals surface area contributed by atoms with Gasteiger partial charge in [0.1, 0.15) is 0 Å². The summed E-state index contributed by atoms with van der Waals surface area (Å²) in [6.45, 7) is 16.3. The molecule has 0 heteroatoms. The highest BCUT2D eigenvalue weighted by atomic mass is 13.6. The van der Waals surface area contributed by atoms with Crippen LogP contribution in [0.15, 0.2) is 0 Å². The molecule has 0 aliphatic carbocycles. The Hall–Kier alpha value is 0. The van der Waals surface area contributed by atoms with Crippen LogP contribution in [0.4, 0.5) is 0 Å². The zero-order valence-corrected chi connectivity index (χ0v) is 12.0. The van der Waals surface area contributed by atoms with Gasteiger partial charge >= 0.3 is 0 Å². The zero-order chi connectivity index (χ0) is 14.0. The van der Waals surface area contributed by atoms with Crippen LogP contribution in [0.1, 0.15) is 96.6 Å². The fourth-order valence-electron chi connectivity index (χ4n) is 0. The molecule has 0 aromatic rings. The van der Waals surface area contributed by atoms with Gasteiger partial charge in [0.05, 0.1) is 0 Å². The van der Waals surface area contributed by atoms with E-state index in [0.717, 1.165) is 12.8 Å². The van der Waals surface area contributed by atoms with Crippen molar-refractivity contribution in [2.24, 2.45) is 0 Å². The molecular formula is C14H36. The lowest BCUT2D eigenvalue weighted by Crippen LogP contribution is -1.47. The topological polar surface area (TPSA) is 0 Å². The van der Waals surface area contributed by atoms with E-state index in [-0.39, 0.29) is 12.8 Å². The molecule has 2 unspecified atom stereocenters. The molecule has 0 bridgehead atoms. The first-order valence-corrected chi connectivity index (χ1v) is 6.21. The van der Waals surface area contributed by atoms with Crippen molar-refractivity contribution in [2.75, 3.05) is 0 Å². The molecule has 0 aliphatic heterocycles. The maximum absolute atomic E-state index is 6.83. The summed E-state index contributed by atoms with van der Waals surface area (Å²) in [6.07, 6.45) is 4.71. The Morgan fingerprint density at radius 1 is 0.571 bits per heavy atom. The molecule has 0 aromatic carbocycles. The Kier molecular flexibility index (Phi) is 61.0. The molecule has 0 saturated carbocycles. The normalized spacial score (nSPS) is 13.4. The van der Waals surface area contributed by atoms with E-state index < -0.39 is 0 Å². The molecule has 14 heavy (non-hydrogen) atoms. The molecule has 0 amide bonds. The van der Waals surface area contributed by atoms with Crippen LogP contribution >= 0.6 is 0 Å². The Morgan fingerprint density at radius 2 is 0.643 bits per heavy atom. The molecule has 0 heterocycles. The fourth-order valence-corrected chi connectivity index (χ4v) is 0. The van der Waals surface area contributed by atoms with Crippen molar-refractivity contribution in [1.29, 1.82) is 0 Å². The van der Waals surface area contributed by atoms with Crippen LogP contribution in [0.25, 0.3) is 0 Å². The van der Waals surface area contributed by atoms with Gasteiger partial charge in [-0.25, -0.2) is 0 Å². The lowest BCUT2D eigenvalue weighted by molar-refractivity contribution is 0.886. The lowest BCUT2D eigenvalue weighted by atomic mass is 10.4. The summed E-state index contributed by atoms with van der Waals surface area (Å²) >= 11 is 0. The zero-order valence-electron chi connectivity index (χ0n) is 14.0. The third-order valence-corrected chi connectivity index (χ3v) is 0.816. The van der Waals surface area contributed by atoms with E-state index in [1.807, 2.05) is 27.7 Å². The molecule has 0 rings (SSSR count). The highest BCUT2D eigenvalue weighted by Gasteiger charge is 1.56. The van der Waals surface area contributed by atoms with Crippen LogP contribution in [0.3, 0.4) is 0 Å². The maximum atomic E-state index is 6.83. The second kappa shape index (κ2) is 52.0. The van der Waals surface area contributed by atoms with Gasteiger partial charge in [0.2, 0.25) is 0 Å². The fraction of sp³-hybridized carbons (Fsp3) is 1.00. The third-order valence-electron chi connectivity index (χ3n) is 0.816. The minimum absolute atomic E-state index is 0.134. The minimum atomic E-state index is 0.134. The van der Waals surface area contributed by atoms with E-state index in [4.69, 9.17) is 2.74 Å². The van der Waals surface area contributed by atoms with Gasteiger partial charge in [-0.1, -0.05) is 93.9 Å². The first kappa shape index (κ1) is 16.4. The lowest BCUT2D eigenvalue weighted by Gasteiger charge is -1.68. The van der Waals surface area contributed by atoms with Gasteiger partial charge in [-0.2, -0.15) is 0 Å². The Labute approximate surface area is 97.3 Å². The molecule has 0 saturated heterocycles. The summed E-state index contributed by atoms with van der Waals surface area (Å²) in [7, 11) is 0. The summed E-state index contributed by atoms with van der Waals surface area (Å²) < 4.78 is 13.7. The predicted octanol–water partition coefficient (Wildman–Crippen LogP) is 6.45. The average molecular weight is 208 g/mol. The summed E-state index contributed by atoms with van der Waals surface area (Å²) in [6, 6.07) is 0. The molecule has 0 spiro atoms. The van der Waals surface area contributed by atoms with E-state index in [1.54, 1.807) is 0 Å². The quantitative estimate of drug-likeness (QED) is 0.489. The van der Waals surface area contributed by atoms with Crippen LogP contribution < -0.4 is 0 Å². The van der Waals surface area contributed by atoms with Crippen molar-refractivity contribution in [2.45, 2.75) is 93.9 Å². The van der Waals surface area contributed by atoms with E-state index >= 15 is 0 Å². The Morgan fingerprint density at radius 3 is 0.643 bits per heavy atom. The number of hydrogen-bond acceptors (Lipinski definition) is 0. The van der Waals surface area contributed by atoms with Gasteiger partial charge in [0, 0.05) is 2.74 Å². The van der Waals surface area contributed by atoms with E-state index in [9.17, 15) is 0 Å². The smallest absolute Gasteiger partial charge is 0.0264 e. The molecule has 92 valence electrons. The van der Waals surface area contributed by atoms with E-state index in [0.29, 0.717) is 0 Å². The molecule has 0 fully saturated rings. The highest BCUT2D eigenvalue weighted by Crippen LogP contribution is 1.77. The first-order chi connectivity index (χ1) is 7.37. The second-order valence-electron chi connectivity index (χ2n) is 3.05. The van der Waals surface area contributed by atoms with Gasteiger partial charge in [0.25, 0.3) is 0 Å². The van der Waals surface area contributed by atoms with E-state index in [2.05, 4.69) is 27.7 Å². The standard InChI is InChI=1S/2C4H10.2C3H8/c2*1-3-4-2;2*1-3-2/h2*3-4H2,1-2H3;2*3H2,1-2H3/i2*3T;;. The highest BCUT2D eigenvalue weighted by molar-refractivity contribution is 4.13. The van der Waals surface area contributed by atoms with Gasteiger partial charge in [-0.05, 0) is 0 Å². The van der Waals surface area contributed by atoms with Crippen molar-refractivity contribution < 1.29 is 2.74 Å². The number of hydrogen-bond donors (Lipinski definition) is 0. The molecule has 0 N–H and O–H groups in total. The molecule has 0 aliphatic rings. The Balaban J connectivity index is -0.0000000621. The summed E-state index contributed by atoms with van der Waals surface area (Å²) in [5.74, 6) is 0. The monoisotopic (exact) mass is 208 g/mol. The first-order valence-electron chi connectivity index (χ1n) is 7.37. The van der Waals surface area contributed by atoms with E-state index in [1.165, 1.54) is 12.8 Å². The van der Waals surface area contributed by atoms with Crippen LogP contribution in [0.5, 0.6) is 0 Å². The van der Waals surface area contributed by atoms with Gasteiger partial charge in [-0.15, -0.1) is 0 Å². The van der Waals surface area contributed by atoms with Crippen molar-refractivity contribution in [3.8, 4) is 0 Å². The molecule has 0 aromatic heterocycles. The van der Waals surface area contributed by atoms with Crippen molar-refractivity contribution in [3.05, 3.63) is 0 Å². The second-order valence-corrected chi connectivity index (χ2v) is 3.05. The van der Waals surface area contributed by atoms with Crippen molar-refractivity contribution in [1.82, 2.24) is 0 Å². The van der Waals surface area contributed by atoms with Crippen LogP contribution in [0, 0.1) is 0 Å². The summed E-state index contributed by atoms with van der Waals surface area (Å²) in [4.78, 5) is 0. The van der Waals surface area contributed by atoms with Crippen LogP contribution in [0.2, 0.25) is 0 Å². The van der Waals surface area contributed by atoms with Gasteiger partial charge in [-0.3, -0.25) is 0 Å². The average Bonchev–Trinajstić information content (AvgIpc) is 2.21. The third kappa shape index (κ3) is 363. The summed E-state index contributed by atoms with van der Waals surface area (Å²) in [5, 5.41) is 0. The minimum Gasteiger partial charge on any atom is -0.0656 e. The van der Waals surface area contributed by atoms with Gasteiger partial charge < -0.3 is 0 Å². The molecular weight excluding hydrogens is 168 g/mol. The maximum Gasteiger partial charge on any atom is 0.0264 e.